The number of benzene rings is 1. The Bertz CT molecular complexity index is 493. The van der Waals surface area contributed by atoms with E-state index in [2.05, 4.69) is 4.90 Å². The van der Waals surface area contributed by atoms with Crippen LogP contribution in [0.5, 0.6) is 11.5 Å². The third-order valence-electron chi connectivity index (χ3n) is 4.11. The first kappa shape index (κ1) is 16.6. The Morgan fingerprint density at radius 3 is 2.64 bits per heavy atom. The van der Waals surface area contributed by atoms with Crippen molar-refractivity contribution in [2.24, 2.45) is 0 Å². The highest BCUT2D eigenvalue weighted by Gasteiger charge is 2.26. The fourth-order valence-electron chi connectivity index (χ4n) is 2.72. The maximum absolute atomic E-state index is 11.4. The molecule has 2 rings (SSSR count). The van der Waals surface area contributed by atoms with Gasteiger partial charge in [-0.25, -0.2) is 0 Å². The second-order valence-electron chi connectivity index (χ2n) is 5.60. The van der Waals surface area contributed by atoms with Gasteiger partial charge in [0.1, 0.15) is 6.61 Å². The number of hydrogen-bond acceptors (Lipinski definition) is 4. The smallest absolute Gasteiger partial charge is 0.219 e. The predicted molar refractivity (Wildman–Crippen MR) is 86.4 cm³/mol. The van der Waals surface area contributed by atoms with E-state index in [-0.39, 0.29) is 5.91 Å². The van der Waals surface area contributed by atoms with Crippen molar-refractivity contribution in [1.29, 1.82) is 0 Å². The van der Waals surface area contributed by atoms with Crippen LogP contribution in [0.4, 0.5) is 0 Å². The molecule has 1 aromatic carbocycles. The molecule has 0 saturated carbocycles. The summed E-state index contributed by atoms with van der Waals surface area (Å²) >= 11 is 0. The lowest BCUT2D eigenvalue weighted by atomic mass is 10.2. The van der Waals surface area contributed by atoms with Crippen LogP contribution in [0.2, 0.25) is 0 Å². The summed E-state index contributed by atoms with van der Waals surface area (Å²) in [5, 5.41) is 0. The van der Waals surface area contributed by atoms with Crippen LogP contribution in [-0.2, 0) is 4.79 Å². The summed E-state index contributed by atoms with van der Waals surface area (Å²) in [5.74, 6) is 1.72. The summed E-state index contributed by atoms with van der Waals surface area (Å²) in [5.41, 5.74) is 0. The average molecular weight is 306 g/mol. The second-order valence-corrected chi connectivity index (χ2v) is 5.60. The zero-order valence-corrected chi connectivity index (χ0v) is 13.7. The minimum absolute atomic E-state index is 0.133. The Kier molecular flexibility index (Phi) is 6.07. The molecule has 0 radical (unpaired) electrons. The number of rotatable bonds is 7. The van der Waals surface area contributed by atoms with Crippen molar-refractivity contribution in [2.45, 2.75) is 26.3 Å². The molecule has 22 heavy (non-hydrogen) atoms. The monoisotopic (exact) mass is 306 g/mol. The number of likely N-dealkylation sites (N-methyl/N-ethyl adjacent to an activating group) is 1. The Morgan fingerprint density at radius 1 is 1.32 bits per heavy atom. The minimum Gasteiger partial charge on any atom is -0.490 e. The number of ether oxygens (including phenoxy) is 2. The number of carbonyl (C=O) groups excluding carboxylic acids is 1. The van der Waals surface area contributed by atoms with E-state index >= 15 is 0 Å². The van der Waals surface area contributed by atoms with Crippen molar-refractivity contribution in [1.82, 2.24) is 9.80 Å². The third kappa shape index (κ3) is 4.37. The standard InChI is InChI=1S/C17H26N2O3/c1-4-21-16-7-5-6-8-17(16)22-12-11-19-10-9-15(13-19)18(3)14(2)20/h5-8,15H,4,9-13H2,1-3H3. The SMILES string of the molecule is CCOc1ccccc1OCCN1CCC(N(C)C(C)=O)C1. The van der Waals surface area contributed by atoms with Crippen LogP contribution in [0.3, 0.4) is 0 Å². The Labute approximate surface area is 132 Å². The molecule has 1 atom stereocenters. The van der Waals surface area contributed by atoms with Crippen LogP contribution in [0, 0.1) is 0 Å². The van der Waals surface area contributed by atoms with Crippen molar-refractivity contribution < 1.29 is 14.3 Å². The number of amides is 1. The molecular formula is C17H26N2O3. The highest BCUT2D eigenvalue weighted by Crippen LogP contribution is 2.26. The average Bonchev–Trinajstić information content (AvgIpc) is 2.97. The highest BCUT2D eigenvalue weighted by molar-refractivity contribution is 5.73. The van der Waals surface area contributed by atoms with E-state index in [9.17, 15) is 4.79 Å². The zero-order chi connectivity index (χ0) is 15.9. The van der Waals surface area contributed by atoms with Gasteiger partial charge in [0.05, 0.1) is 6.61 Å². The normalized spacial score (nSPS) is 18.2. The quantitative estimate of drug-likeness (QED) is 0.773. The van der Waals surface area contributed by atoms with Crippen molar-refractivity contribution in [3.63, 3.8) is 0 Å². The van der Waals surface area contributed by atoms with Crippen LogP contribution >= 0.6 is 0 Å². The van der Waals surface area contributed by atoms with Crippen molar-refractivity contribution in [3.8, 4) is 11.5 Å². The van der Waals surface area contributed by atoms with Gasteiger partial charge in [-0.05, 0) is 25.5 Å². The maximum atomic E-state index is 11.4. The van der Waals surface area contributed by atoms with Gasteiger partial charge in [0.25, 0.3) is 0 Å². The number of nitrogens with zero attached hydrogens (tertiary/aromatic N) is 2. The molecule has 1 saturated heterocycles. The van der Waals surface area contributed by atoms with Crippen LogP contribution in [0.1, 0.15) is 20.3 Å². The highest BCUT2D eigenvalue weighted by atomic mass is 16.5. The fraction of sp³-hybridized carbons (Fsp3) is 0.588. The summed E-state index contributed by atoms with van der Waals surface area (Å²) in [6.45, 7) is 7.64. The molecule has 1 aliphatic rings. The molecular weight excluding hydrogens is 280 g/mol. The summed E-state index contributed by atoms with van der Waals surface area (Å²) in [7, 11) is 1.88. The number of carbonyl (C=O) groups is 1. The van der Waals surface area contributed by atoms with Crippen LogP contribution in [0.15, 0.2) is 24.3 Å². The van der Waals surface area contributed by atoms with Gasteiger partial charge >= 0.3 is 0 Å². The molecule has 5 heteroatoms. The van der Waals surface area contributed by atoms with Crippen LogP contribution < -0.4 is 9.47 Å². The molecule has 0 spiro atoms. The Morgan fingerprint density at radius 2 is 2.00 bits per heavy atom. The number of para-hydroxylation sites is 2. The number of likely N-dealkylation sites (tertiary alicyclic amines) is 1. The van der Waals surface area contributed by atoms with Gasteiger partial charge in [-0.3, -0.25) is 9.69 Å². The van der Waals surface area contributed by atoms with Crippen molar-refractivity contribution >= 4 is 5.91 Å². The Balaban J connectivity index is 1.77. The maximum Gasteiger partial charge on any atom is 0.219 e. The molecule has 1 aromatic rings. The van der Waals surface area contributed by atoms with Gasteiger partial charge in [0.15, 0.2) is 11.5 Å². The van der Waals surface area contributed by atoms with Gasteiger partial charge < -0.3 is 14.4 Å². The largest absolute Gasteiger partial charge is 0.490 e. The topological polar surface area (TPSA) is 42.0 Å². The lowest BCUT2D eigenvalue weighted by Crippen LogP contribution is -2.38. The molecule has 1 unspecified atom stereocenters. The molecule has 0 N–H and O–H groups in total. The van der Waals surface area contributed by atoms with E-state index in [1.165, 1.54) is 0 Å². The first-order chi connectivity index (χ1) is 10.6. The first-order valence-electron chi connectivity index (χ1n) is 7.92. The van der Waals surface area contributed by atoms with E-state index in [1.54, 1.807) is 6.92 Å². The molecule has 0 bridgehead atoms. The molecule has 122 valence electrons. The first-order valence-corrected chi connectivity index (χ1v) is 7.92. The van der Waals surface area contributed by atoms with Gasteiger partial charge in [-0.15, -0.1) is 0 Å². The van der Waals surface area contributed by atoms with Crippen molar-refractivity contribution in [2.75, 3.05) is 39.9 Å². The molecule has 1 aliphatic heterocycles. The molecule has 1 amide bonds. The summed E-state index contributed by atoms with van der Waals surface area (Å²) in [6.07, 6.45) is 1.03. The van der Waals surface area contributed by atoms with E-state index in [4.69, 9.17) is 9.47 Å². The third-order valence-corrected chi connectivity index (χ3v) is 4.11. The lowest BCUT2D eigenvalue weighted by molar-refractivity contribution is -0.129. The van der Waals surface area contributed by atoms with E-state index in [1.807, 2.05) is 43.1 Å². The van der Waals surface area contributed by atoms with Gasteiger partial charge in [-0.2, -0.15) is 0 Å². The van der Waals surface area contributed by atoms with Crippen LogP contribution in [0.25, 0.3) is 0 Å². The van der Waals surface area contributed by atoms with Gasteiger partial charge in [0.2, 0.25) is 5.91 Å². The van der Waals surface area contributed by atoms with Crippen LogP contribution in [-0.4, -0.2) is 61.6 Å². The summed E-state index contributed by atoms with van der Waals surface area (Å²) < 4.78 is 11.4. The molecule has 0 aromatic heterocycles. The van der Waals surface area contributed by atoms with Gasteiger partial charge in [-0.1, -0.05) is 12.1 Å². The second kappa shape index (κ2) is 8.03. The summed E-state index contributed by atoms with van der Waals surface area (Å²) in [6, 6.07) is 8.08. The minimum atomic E-state index is 0.133. The lowest BCUT2D eigenvalue weighted by Gasteiger charge is -2.23. The molecule has 1 heterocycles. The van der Waals surface area contributed by atoms with E-state index in [0.29, 0.717) is 19.3 Å². The molecule has 5 nitrogen and oxygen atoms in total. The van der Waals surface area contributed by atoms with E-state index < -0.39 is 0 Å². The molecule has 0 aliphatic carbocycles. The fourth-order valence-corrected chi connectivity index (χ4v) is 2.72. The van der Waals surface area contributed by atoms with Gasteiger partial charge in [0, 0.05) is 39.6 Å². The van der Waals surface area contributed by atoms with Crippen molar-refractivity contribution in [3.05, 3.63) is 24.3 Å². The zero-order valence-electron chi connectivity index (χ0n) is 13.7. The predicted octanol–water partition coefficient (Wildman–Crippen LogP) is 2.02. The Hall–Kier alpha value is -1.75. The van der Waals surface area contributed by atoms with E-state index in [0.717, 1.165) is 37.6 Å². The summed E-state index contributed by atoms with van der Waals surface area (Å²) in [4.78, 5) is 15.6. The number of hydrogen-bond donors (Lipinski definition) is 0. The molecule has 1 fully saturated rings.